The molecule has 1 heterocycles. The van der Waals surface area contributed by atoms with Crippen LogP contribution in [-0.2, 0) is 27.2 Å². The second kappa shape index (κ2) is 19.6. The number of hydrogen-bond donors (Lipinski definition) is 5. The Hall–Kier alpha value is -3.58. The molecular formula is C31H43ClFN8O3-. The van der Waals surface area contributed by atoms with Crippen molar-refractivity contribution in [3.8, 4) is 0 Å². The minimum absolute atomic E-state index is 0. The maximum atomic E-state index is 13.3. The van der Waals surface area contributed by atoms with Crippen molar-refractivity contribution in [1.82, 2.24) is 20.3 Å². The number of rotatable bonds is 18. The van der Waals surface area contributed by atoms with Crippen molar-refractivity contribution in [2.75, 3.05) is 62.0 Å². The van der Waals surface area contributed by atoms with Crippen LogP contribution in [0.1, 0.15) is 43.2 Å². The van der Waals surface area contributed by atoms with Gasteiger partial charge in [-0.1, -0.05) is 43.5 Å². The summed E-state index contributed by atoms with van der Waals surface area (Å²) in [6, 6.07) is 13.9. The number of hydrogen-bond acceptors (Lipinski definition) is 10. The highest BCUT2D eigenvalue weighted by atomic mass is 35.5. The van der Waals surface area contributed by atoms with E-state index in [1.807, 2.05) is 24.3 Å². The number of anilines is 4. The molecule has 1 fully saturated rings. The van der Waals surface area contributed by atoms with E-state index in [4.69, 9.17) is 15.2 Å². The first-order chi connectivity index (χ1) is 21.1. The van der Waals surface area contributed by atoms with Crippen LogP contribution in [0.15, 0.2) is 48.5 Å². The number of benzene rings is 2. The summed E-state index contributed by atoms with van der Waals surface area (Å²) in [6.07, 6.45) is 6.51. The van der Waals surface area contributed by atoms with Crippen LogP contribution in [0.25, 0.3) is 0 Å². The van der Waals surface area contributed by atoms with Gasteiger partial charge in [0.15, 0.2) is 0 Å². The Bertz CT molecular complexity index is 1250. The van der Waals surface area contributed by atoms with E-state index in [9.17, 15) is 9.18 Å². The SMILES string of the molecule is NCCOCCOCCNC(=O)Cc1ccc(Nc2nc(NCc3ccc(F)cc3)nc(NCC3CCCCC3)n2)cc1.[Cl-]. The minimum atomic E-state index is -0.276. The molecule has 0 radical (unpaired) electrons. The summed E-state index contributed by atoms with van der Waals surface area (Å²) < 4.78 is 24.0. The van der Waals surface area contributed by atoms with Crippen LogP contribution in [0.4, 0.5) is 27.9 Å². The quantitative estimate of drug-likeness (QED) is 0.129. The van der Waals surface area contributed by atoms with Crippen molar-refractivity contribution < 1.29 is 31.1 Å². The summed E-state index contributed by atoms with van der Waals surface area (Å²) in [4.78, 5) is 26.0. The lowest BCUT2D eigenvalue weighted by molar-refractivity contribution is -0.120. The predicted octanol–water partition coefficient (Wildman–Crippen LogP) is 1.01. The van der Waals surface area contributed by atoms with Gasteiger partial charge in [-0.05, 0) is 54.2 Å². The van der Waals surface area contributed by atoms with Crippen LogP contribution in [-0.4, -0.2) is 66.9 Å². The van der Waals surface area contributed by atoms with Crippen LogP contribution in [0.3, 0.4) is 0 Å². The van der Waals surface area contributed by atoms with E-state index >= 15 is 0 Å². The number of halogens is 2. The molecule has 0 bridgehead atoms. The van der Waals surface area contributed by atoms with E-state index in [1.165, 1.54) is 44.2 Å². The number of aromatic nitrogens is 3. The van der Waals surface area contributed by atoms with E-state index in [-0.39, 0.29) is 30.6 Å². The molecule has 13 heteroatoms. The van der Waals surface area contributed by atoms with Crippen LogP contribution < -0.4 is 39.4 Å². The molecule has 1 aliphatic rings. The number of nitrogens with zero attached hydrogens (tertiary/aromatic N) is 3. The molecule has 44 heavy (non-hydrogen) atoms. The van der Waals surface area contributed by atoms with Gasteiger partial charge in [0, 0.05) is 31.9 Å². The third-order valence-corrected chi connectivity index (χ3v) is 7.05. The molecule has 1 amide bonds. The Morgan fingerprint density at radius 2 is 1.45 bits per heavy atom. The molecule has 1 saturated carbocycles. The highest BCUT2D eigenvalue weighted by Crippen LogP contribution is 2.24. The fourth-order valence-electron chi connectivity index (χ4n) is 4.75. The van der Waals surface area contributed by atoms with Crippen molar-refractivity contribution in [3.63, 3.8) is 0 Å². The molecule has 4 rings (SSSR count). The van der Waals surface area contributed by atoms with Crippen LogP contribution in [0, 0.1) is 11.7 Å². The van der Waals surface area contributed by atoms with Crippen molar-refractivity contribution in [2.45, 2.75) is 45.1 Å². The van der Waals surface area contributed by atoms with E-state index in [2.05, 4.69) is 36.2 Å². The van der Waals surface area contributed by atoms with Gasteiger partial charge in [0.1, 0.15) is 5.82 Å². The van der Waals surface area contributed by atoms with Gasteiger partial charge in [-0.3, -0.25) is 4.79 Å². The number of carbonyl (C=O) groups excluding carboxylic acids is 1. The molecule has 6 N–H and O–H groups in total. The van der Waals surface area contributed by atoms with Gasteiger partial charge in [0.25, 0.3) is 0 Å². The van der Waals surface area contributed by atoms with Gasteiger partial charge in [-0.15, -0.1) is 0 Å². The van der Waals surface area contributed by atoms with Gasteiger partial charge in [0.2, 0.25) is 23.8 Å². The number of amides is 1. The normalized spacial score (nSPS) is 13.1. The standard InChI is InChI=1S/C31H43FN8O3.ClH/c32-26-10-6-25(7-11-26)22-36-30-38-29(35-21-24-4-2-1-3-5-24)39-31(40-30)37-27-12-8-23(9-13-27)20-28(41)34-15-17-43-19-18-42-16-14-33;/h6-13,24H,1-5,14-22,33H2,(H,34,41)(H3,35,36,37,38,39,40);1H/p-1. The minimum Gasteiger partial charge on any atom is -1.00 e. The predicted molar refractivity (Wildman–Crippen MR) is 166 cm³/mol. The Balaban J connectivity index is 0.00000529. The summed E-state index contributed by atoms with van der Waals surface area (Å²) in [5.41, 5.74) is 7.94. The van der Waals surface area contributed by atoms with Gasteiger partial charge in [0.05, 0.1) is 32.8 Å². The molecule has 0 atom stereocenters. The Morgan fingerprint density at radius 3 is 2.16 bits per heavy atom. The first-order valence-corrected chi connectivity index (χ1v) is 15.0. The molecule has 0 saturated heterocycles. The average molecular weight is 630 g/mol. The highest BCUT2D eigenvalue weighted by Gasteiger charge is 2.15. The molecule has 3 aromatic rings. The molecule has 0 spiro atoms. The number of carbonyl (C=O) groups is 1. The number of nitrogens with two attached hydrogens (primary N) is 1. The van der Waals surface area contributed by atoms with Gasteiger partial charge in [-0.2, -0.15) is 15.0 Å². The van der Waals surface area contributed by atoms with Crippen molar-refractivity contribution in [1.29, 1.82) is 0 Å². The Kier molecular flexibility index (Phi) is 15.6. The number of nitrogens with one attached hydrogen (secondary N) is 4. The summed E-state index contributed by atoms with van der Waals surface area (Å²) in [6.45, 7) is 4.07. The molecule has 11 nitrogen and oxygen atoms in total. The lowest BCUT2D eigenvalue weighted by atomic mass is 9.89. The molecule has 240 valence electrons. The molecule has 1 aliphatic carbocycles. The van der Waals surface area contributed by atoms with Gasteiger partial charge >= 0.3 is 0 Å². The third kappa shape index (κ3) is 13.0. The second-order valence-corrected chi connectivity index (χ2v) is 10.5. The van der Waals surface area contributed by atoms with Crippen molar-refractivity contribution in [2.24, 2.45) is 11.7 Å². The molecule has 0 unspecified atom stereocenters. The lowest BCUT2D eigenvalue weighted by Gasteiger charge is -2.21. The van der Waals surface area contributed by atoms with Crippen molar-refractivity contribution >= 4 is 29.4 Å². The van der Waals surface area contributed by atoms with E-state index in [0.717, 1.165) is 23.4 Å². The summed E-state index contributed by atoms with van der Waals surface area (Å²) in [5, 5.41) is 12.7. The van der Waals surface area contributed by atoms with Crippen molar-refractivity contribution in [3.05, 3.63) is 65.5 Å². The van der Waals surface area contributed by atoms with Gasteiger partial charge < -0.3 is 48.9 Å². The second-order valence-electron chi connectivity index (χ2n) is 10.5. The van der Waals surface area contributed by atoms with E-state index < -0.39 is 0 Å². The van der Waals surface area contributed by atoms with Crippen LogP contribution in [0.2, 0.25) is 0 Å². The van der Waals surface area contributed by atoms with E-state index in [0.29, 0.717) is 69.8 Å². The fraction of sp³-hybridized carbons (Fsp3) is 0.484. The maximum absolute atomic E-state index is 13.3. The van der Waals surface area contributed by atoms with Crippen LogP contribution >= 0.6 is 0 Å². The average Bonchev–Trinajstić information content (AvgIpc) is 3.02. The summed E-state index contributed by atoms with van der Waals surface area (Å²) in [5.74, 6) is 1.55. The zero-order valence-electron chi connectivity index (χ0n) is 25.0. The molecule has 0 aliphatic heterocycles. The smallest absolute Gasteiger partial charge is 0.233 e. The maximum Gasteiger partial charge on any atom is 0.233 e. The Morgan fingerprint density at radius 1 is 0.818 bits per heavy atom. The lowest BCUT2D eigenvalue weighted by Crippen LogP contribution is -3.00. The molecule has 2 aromatic carbocycles. The van der Waals surface area contributed by atoms with Gasteiger partial charge in [-0.25, -0.2) is 4.39 Å². The fourth-order valence-corrected chi connectivity index (χ4v) is 4.75. The zero-order chi connectivity index (χ0) is 30.1. The first kappa shape index (κ1) is 34.9. The van der Waals surface area contributed by atoms with E-state index in [1.54, 1.807) is 12.1 Å². The monoisotopic (exact) mass is 629 g/mol. The topological polar surface area (TPSA) is 148 Å². The van der Waals surface area contributed by atoms with Crippen LogP contribution in [0.5, 0.6) is 0 Å². The number of ether oxygens (including phenoxy) is 2. The third-order valence-electron chi connectivity index (χ3n) is 7.05. The Labute approximate surface area is 264 Å². The molecule has 1 aromatic heterocycles. The largest absolute Gasteiger partial charge is 1.00 e. The first-order valence-electron chi connectivity index (χ1n) is 15.0. The molecular weight excluding hydrogens is 587 g/mol. The zero-order valence-corrected chi connectivity index (χ0v) is 25.8. The highest BCUT2D eigenvalue weighted by molar-refractivity contribution is 5.78. The summed E-state index contributed by atoms with van der Waals surface area (Å²) >= 11 is 0. The summed E-state index contributed by atoms with van der Waals surface area (Å²) in [7, 11) is 0.